The van der Waals surface area contributed by atoms with Gasteiger partial charge in [0, 0.05) is 23.1 Å². The van der Waals surface area contributed by atoms with E-state index in [0.717, 1.165) is 4.47 Å². The van der Waals surface area contributed by atoms with Gasteiger partial charge in [-0.25, -0.2) is 0 Å². The van der Waals surface area contributed by atoms with Crippen molar-refractivity contribution in [2.45, 2.75) is 45.9 Å². The predicted molar refractivity (Wildman–Crippen MR) is 82.6 cm³/mol. The van der Waals surface area contributed by atoms with Crippen molar-refractivity contribution < 1.29 is 18.6 Å². The van der Waals surface area contributed by atoms with Crippen LogP contribution < -0.4 is 10.1 Å². The lowest BCUT2D eigenvalue weighted by Gasteiger charge is -2.26. The van der Waals surface area contributed by atoms with E-state index in [1.165, 1.54) is 6.07 Å². The third-order valence-electron chi connectivity index (χ3n) is 2.91. The van der Waals surface area contributed by atoms with Crippen molar-refractivity contribution in [1.82, 2.24) is 5.32 Å². The van der Waals surface area contributed by atoms with Gasteiger partial charge in [-0.2, -0.15) is 8.78 Å². The van der Waals surface area contributed by atoms with Gasteiger partial charge in [0.25, 0.3) is 0 Å². The maximum absolute atomic E-state index is 12.4. The molecule has 0 amide bonds. The molecule has 6 heteroatoms. The highest BCUT2D eigenvalue weighted by Crippen LogP contribution is 2.25. The molecule has 0 spiro atoms. The lowest BCUT2D eigenvalue weighted by molar-refractivity contribution is -0.0505. The number of alkyl halides is 2. The summed E-state index contributed by atoms with van der Waals surface area (Å²) in [5, 5.41) is 13.3. The first-order valence-electron chi connectivity index (χ1n) is 6.86. The Morgan fingerprint density at radius 1 is 1.38 bits per heavy atom. The maximum atomic E-state index is 12.4. The van der Waals surface area contributed by atoms with Crippen LogP contribution in [-0.4, -0.2) is 23.9 Å². The summed E-state index contributed by atoms with van der Waals surface area (Å²) in [5.41, 5.74) is -0.214. The molecular weight excluding hydrogens is 344 g/mol. The number of ether oxygens (including phenoxy) is 1. The molecule has 0 aliphatic heterocycles. The number of hydrogen-bond donors (Lipinski definition) is 2. The number of aliphatic hydroxyl groups is 1. The van der Waals surface area contributed by atoms with Crippen LogP contribution in [0, 0.1) is 5.92 Å². The highest BCUT2D eigenvalue weighted by atomic mass is 79.9. The summed E-state index contributed by atoms with van der Waals surface area (Å²) >= 11 is 3.31. The van der Waals surface area contributed by atoms with Crippen LogP contribution in [0.15, 0.2) is 22.7 Å². The van der Waals surface area contributed by atoms with Crippen molar-refractivity contribution in [1.29, 1.82) is 0 Å². The number of nitrogens with one attached hydrogen (secondary N) is 1. The second-order valence-electron chi connectivity index (χ2n) is 5.83. The molecule has 0 saturated heterocycles. The minimum absolute atomic E-state index is 0.143. The number of halogens is 3. The minimum Gasteiger partial charge on any atom is -0.434 e. The van der Waals surface area contributed by atoms with Crippen LogP contribution in [0.25, 0.3) is 0 Å². The van der Waals surface area contributed by atoms with Crippen LogP contribution in [0.5, 0.6) is 5.75 Å². The largest absolute Gasteiger partial charge is 0.434 e. The van der Waals surface area contributed by atoms with Gasteiger partial charge >= 0.3 is 6.61 Å². The van der Waals surface area contributed by atoms with Crippen LogP contribution in [0.4, 0.5) is 8.78 Å². The van der Waals surface area contributed by atoms with Gasteiger partial charge in [-0.15, -0.1) is 0 Å². The zero-order valence-electron chi connectivity index (χ0n) is 12.5. The Balaban J connectivity index is 2.64. The van der Waals surface area contributed by atoms with E-state index in [0.29, 0.717) is 31.0 Å². The van der Waals surface area contributed by atoms with Crippen LogP contribution in [0.3, 0.4) is 0 Å². The number of rotatable bonds is 8. The maximum Gasteiger partial charge on any atom is 0.387 e. The first-order chi connectivity index (χ1) is 9.69. The molecule has 1 rings (SSSR count). The summed E-state index contributed by atoms with van der Waals surface area (Å²) in [4.78, 5) is 0. The molecule has 21 heavy (non-hydrogen) atoms. The van der Waals surface area contributed by atoms with Gasteiger partial charge in [-0.3, -0.25) is 0 Å². The molecule has 0 aliphatic rings. The van der Waals surface area contributed by atoms with Crippen LogP contribution in [0.2, 0.25) is 0 Å². The molecule has 120 valence electrons. The summed E-state index contributed by atoms with van der Waals surface area (Å²) in [6.45, 7) is 3.71. The second kappa shape index (κ2) is 8.06. The predicted octanol–water partition coefficient (Wildman–Crippen LogP) is 3.94. The van der Waals surface area contributed by atoms with Crippen LogP contribution in [-0.2, 0) is 6.54 Å². The van der Waals surface area contributed by atoms with Gasteiger partial charge in [0.05, 0.1) is 5.60 Å². The van der Waals surface area contributed by atoms with Crippen LogP contribution in [0.1, 0.15) is 32.8 Å². The van der Waals surface area contributed by atoms with E-state index in [9.17, 15) is 13.9 Å². The van der Waals surface area contributed by atoms with E-state index < -0.39 is 12.2 Å². The van der Waals surface area contributed by atoms with Gasteiger partial charge in [-0.1, -0.05) is 29.8 Å². The van der Waals surface area contributed by atoms with Crippen molar-refractivity contribution in [3.63, 3.8) is 0 Å². The monoisotopic (exact) mass is 365 g/mol. The smallest absolute Gasteiger partial charge is 0.387 e. The molecule has 1 atom stereocenters. The van der Waals surface area contributed by atoms with Gasteiger partial charge in [0.15, 0.2) is 0 Å². The fraction of sp³-hybridized carbons (Fsp3) is 0.600. The number of benzene rings is 1. The SMILES string of the molecule is CC(C)CC(C)(O)CNCc1cc(Br)ccc1OC(F)F. The molecule has 0 heterocycles. The molecule has 0 aromatic heterocycles. The highest BCUT2D eigenvalue weighted by molar-refractivity contribution is 9.10. The second-order valence-corrected chi connectivity index (χ2v) is 6.74. The topological polar surface area (TPSA) is 41.5 Å². The molecule has 0 bridgehead atoms. The Labute approximate surface area is 132 Å². The summed E-state index contributed by atoms with van der Waals surface area (Å²) < 4.78 is 30.0. The molecule has 3 nitrogen and oxygen atoms in total. The van der Waals surface area contributed by atoms with Crippen molar-refractivity contribution >= 4 is 15.9 Å². The van der Waals surface area contributed by atoms with Gasteiger partial charge in [0.1, 0.15) is 5.75 Å². The van der Waals surface area contributed by atoms with E-state index in [2.05, 4.69) is 26.0 Å². The molecule has 0 radical (unpaired) electrons. The van der Waals surface area contributed by atoms with Crippen molar-refractivity contribution in [3.8, 4) is 5.75 Å². The van der Waals surface area contributed by atoms with Gasteiger partial charge in [-0.05, 0) is 37.5 Å². The Hall–Kier alpha value is -0.720. The zero-order chi connectivity index (χ0) is 16.0. The Morgan fingerprint density at radius 3 is 2.62 bits per heavy atom. The zero-order valence-corrected chi connectivity index (χ0v) is 14.1. The molecule has 1 aromatic carbocycles. The molecule has 1 unspecified atom stereocenters. The fourth-order valence-electron chi connectivity index (χ4n) is 2.32. The van der Waals surface area contributed by atoms with Gasteiger partial charge in [0.2, 0.25) is 0 Å². The molecule has 1 aromatic rings. The molecule has 2 N–H and O–H groups in total. The third-order valence-corrected chi connectivity index (χ3v) is 3.40. The Bertz CT molecular complexity index is 453. The normalized spacial score (nSPS) is 14.5. The lowest BCUT2D eigenvalue weighted by Crippen LogP contribution is -2.38. The van der Waals surface area contributed by atoms with E-state index in [1.807, 2.05) is 13.8 Å². The van der Waals surface area contributed by atoms with Crippen molar-refractivity contribution in [2.75, 3.05) is 6.54 Å². The summed E-state index contributed by atoms with van der Waals surface area (Å²) in [7, 11) is 0. The van der Waals surface area contributed by atoms with E-state index in [-0.39, 0.29) is 5.75 Å². The van der Waals surface area contributed by atoms with E-state index in [1.54, 1.807) is 19.1 Å². The fourth-order valence-corrected chi connectivity index (χ4v) is 2.72. The first-order valence-corrected chi connectivity index (χ1v) is 7.65. The summed E-state index contributed by atoms with van der Waals surface area (Å²) in [6, 6.07) is 4.87. The highest BCUT2D eigenvalue weighted by Gasteiger charge is 2.21. The van der Waals surface area contributed by atoms with Crippen molar-refractivity contribution in [2.24, 2.45) is 5.92 Å². The molecule has 0 saturated carbocycles. The average molecular weight is 366 g/mol. The van der Waals surface area contributed by atoms with Crippen LogP contribution >= 0.6 is 15.9 Å². The van der Waals surface area contributed by atoms with Gasteiger partial charge < -0.3 is 15.2 Å². The Kier molecular flexibility index (Phi) is 7.03. The molecule has 0 fully saturated rings. The quantitative estimate of drug-likeness (QED) is 0.733. The Morgan fingerprint density at radius 2 is 2.05 bits per heavy atom. The summed E-state index contributed by atoms with van der Waals surface area (Å²) in [5.74, 6) is 0.523. The standard InChI is InChI=1S/C15H22BrF2NO2/c1-10(2)7-15(3,20)9-19-8-11-6-12(16)4-5-13(11)21-14(17)18/h4-6,10,14,19-20H,7-9H2,1-3H3. The minimum atomic E-state index is -2.85. The first kappa shape index (κ1) is 18.3. The van der Waals surface area contributed by atoms with E-state index in [4.69, 9.17) is 0 Å². The lowest BCUT2D eigenvalue weighted by atomic mass is 9.94. The average Bonchev–Trinajstić information content (AvgIpc) is 2.30. The molecular formula is C15H22BrF2NO2. The molecule has 0 aliphatic carbocycles. The third kappa shape index (κ3) is 7.20. The summed E-state index contributed by atoms with van der Waals surface area (Å²) in [6.07, 6.45) is 0.666. The number of hydrogen-bond acceptors (Lipinski definition) is 3. The van der Waals surface area contributed by atoms with E-state index >= 15 is 0 Å². The van der Waals surface area contributed by atoms with Crippen molar-refractivity contribution in [3.05, 3.63) is 28.2 Å².